The van der Waals surface area contributed by atoms with Crippen LogP contribution in [0.3, 0.4) is 0 Å². The van der Waals surface area contributed by atoms with Gasteiger partial charge in [0.1, 0.15) is 0 Å². The summed E-state index contributed by atoms with van der Waals surface area (Å²) in [6, 6.07) is 6.86. The summed E-state index contributed by atoms with van der Waals surface area (Å²) in [5.74, 6) is 0. The molecule has 0 bridgehead atoms. The maximum Gasteiger partial charge on any atom is 0.150 e. The molecule has 0 aliphatic heterocycles. The van der Waals surface area contributed by atoms with Gasteiger partial charge in [0.2, 0.25) is 0 Å². The molecule has 0 spiro atoms. The van der Waals surface area contributed by atoms with Crippen LogP contribution in [-0.2, 0) is 0 Å². The number of benzene rings is 1. The van der Waals surface area contributed by atoms with Gasteiger partial charge in [0.15, 0.2) is 4.34 Å². The second kappa shape index (κ2) is 6.25. The lowest BCUT2D eigenvalue weighted by atomic mass is 10.1. The van der Waals surface area contributed by atoms with Crippen LogP contribution in [0.2, 0.25) is 0 Å². The molecule has 2 nitrogen and oxygen atoms in total. The summed E-state index contributed by atoms with van der Waals surface area (Å²) in [4.78, 5) is 4.54. The fourth-order valence-electron chi connectivity index (χ4n) is 1.81. The molecule has 1 aromatic carbocycles. The second-order valence-corrected chi connectivity index (χ2v) is 6.36. The highest BCUT2D eigenvalue weighted by atomic mass is 32.2. The van der Waals surface area contributed by atoms with Crippen molar-refractivity contribution in [1.29, 1.82) is 0 Å². The predicted molar refractivity (Wildman–Crippen MR) is 83.9 cm³/mol. The van der Waals surface area contributed by atoms with Crippen LogP contribution in [0.25, 0.3) is 10.2 Å². The van der Waals surface area contributed by atoms with Crippen molar-refractivity contribution in [1.82, 2.24) is 4.98 Å². The molecule has 0 aliphatic carbocycles. The molecule has 1 N–H and O–H groups in total. The number of anilines is 1. The molecule has 18 heavy (non-hydrogen) atoms. The van der Waals surface area contributed by atoms with Gasteiger partial charge in [0.05, 0.1) is 10.2 Å². The lowest BCUT2D eigenvalue weighted by molar-refractivity contribution is 0.719. The Morgan fingerprint density at radius 3 is 3.11 bits per heavy atom. The van der Waals surface area contributed by atoms with Crippen LogP contribution in [0.5, 0.6) is 0 Å². The Morgan fingerprint density at radius 2 is 2.39 bits per heavy atom. The Labute approximate surface area is 117 Å². The molecule has 2 rings (SSSR count). The Bertz CT molecular complexity index is 534. The number of hydrogen-bond donors (Lipinski definition) is 1. The van der Waals surface area contributed by atoms with Gasteiger partial charge in [-0.1, -0.05) is 17.8 Å². The molecule has 0 saturated carbocycles. The normalized spacial score (nSPS) is 12.6. The first-order valence-electron chi connectivity index (χ1n) is 6.05. The molecular weight excluding hydrogens is 260 g/mol. The highest BCUT2D eigenvalue weighted by Crippen LogP contribution is 2.30. The molecule has 0 saturated heterocycles. The third-order valence-corrected chi connectivity index (χ3v) is 4.76. The van der Waals surface area contributed by atoms with Gasteiger partial charge in [-0.3, -0.25) is 0 Å². The zero-order chi connectivity index (χ0) is 13.0. The maximum absolute atomic E-state index is 4.54. The first-order valence-corrected chi connectivity index (χ1v) is 8.09. The quantitative estimate of drug-likeness (QED) is 0.608. The molecule has 0 radical (unpaired) electrons. The Hall–Kier alpha value is -1.00. The first-order chi connectivity index (χ1) is 8.72. The predicted octanol–water partition coefficient (Wildman–Crippen LogP) is 4.78. The largest absolute Gasteiger partial charge is 0.383 e. The molecule has 0 aliphatic rings. The van der Waals surface area contributed by atoms with E-state index >= 15 is 0 Å². The number of rotatable bonds is 6. The minimum atomic E-state index is 0.466. The standard InChI is InChI=1S/C14H18N2S2/c1-4-5-6-10(2)15-11-7-8-12-13(9-11)18-14(16-12)17-3/h4,7-10,15H,1,5-6H2,2-3H3. The Kier molecular flexibility index (Phi) is 4.66. The number of nitrogens with zero attached hydrogens (tertiary/aromatic N) is 1. The van der Waals surface area contributed by atoms with Crippen LogP contribution in [-0.4, -0.2) is 17.3 Å². The number of thioether (sulfide) groups is 1. The fraction of sp³-hybridized carbons (Fsp3) is 0.357. The van der Waals surface area contributed by atoms with Crippen LogP contribution >= 0.6 is 23.1 Å². The van der Waals surface area contributed by atoms with E-state index in [4.69, 9.17) is 0 Å². The van der Waals surface area contributed by atoms with E-state index in [-0.39, 0.29) is 0 Å². The maximum atomic E-state index is 4.54. The monoisotopic (exact) mass is 278 g/mol. The number of hydrogen-bond acceptors (Lipinski definition) is 4. The zero-order valence-electron chi connectivity index (χ0n) is 10.8. The minimum absolute atomic E-state index is 0.466. The van der Waals surface area contributed by atoms with E-state index in [1.165, 1.54) is 10.4 Å². The minimum Gasteiger partial charge on any atom is -0.383 e. The topological polar surface area (TPSA) is 24.9 Å². The van der Waals surface area contributed by atoms with E-state index in [0.717, 1.165) is 22.7 Å². The van der Waals surface area contributed by atoms with E-state index in [2.05, 4.69) is 48.3 Å². The van der Waals surface area contributed by atoms with E-state index in [0.29, 0.717) is 6.04 Å². The van der Waals surface area contributed by atoms with E-state index < -0.39 is 0 Å². The number of aromatic nitrogens is 1. The third kappa shape index (κ3) is 3.27. The highest BCUT2D eigenvalue weighted by Gasteiger charge is 2.05. The first kappa shape index (κ1) is 13.4. The Balaban J connectivity index is 2.11. The molecule has 96 valence electrons. The van der Waals surface area contributed by atoms with E-state index in [1.807, 2.05) is 6.08 Å². The van der Waals surface area contributed by atoms with Crippen molar-refractivity contribution < 1.29 is 0 Å². The van der Waals surface area contributed by atoms with Gasteiger partial charge in [-0.15, -0.1) is 17.9 Å². The number of fused-ring (bicyclic) bond motifs is 1. The molecule has 0 amide bonds. The van der Waals surface area contributed by atoms with Crippen molar-refractivity contribution >= 4 is 39.0 Å². The van der Waals surface area contributed by atoms with E-state index in [9.17, 15) is 0 Å². The Morgan fingerprint density at radius 1 is 1.56 bits per heavy atom. The summed E-state index contributed by atoms with van der Waals surface area (Å²) in [5, 5.41) is 3.52. The lowest BCUT2D eigenvalue weighted by Crippen LogP contribution is -2.14. The van der Waals surface area contributed by atoms with Crippen LogP contribution in [0, 0.1) is 0 Å². The highest BCUT2D eigenvalue weighted by molar-refractivity contribution is 8.00. The van der Waals surface area contributed by atoms with E-state index in [1.54, 1.807) is 23.1 Å². The van der Waals surface area contributed by atoms with Gasteiger partial charge >= 0.3 is 0 Å². The summed E-state index contributed by atoms with van der Waals surface area (Å²) >= 11 is 3.45. The van der Waals surface area contributed by atoms with Crippen LogP contribution in [0.4, 0.5) is 5.69 Å². The summed E-state index contributed by atoms with van der Waals surface area (Å²) in [6.07, 6.45) is 6.19. The second-order valence-electron chi connectivity index (χ2n) is 4.28. The molecule has 1 aromatic heterocycles. The molecule has 1 atom stereocenters. The average molecular weight is 278 g/mol. The number of allylic oxidation sites excluding steroid dienone is 1. The summed E-state index contributed by atoms with van der Waals surface area (Å²) in [7, 11) is 0. The van der Waals surface area contributed by atoms with Gasteiger partial charge in [0, 0.05) is 11.7 Å². The lowest BCUT2D eigenvalue weighted by Gasteiger charge is -2.14. The molecule has 2 aromatic rings. The SMILES string of the molecule is C=CCCC(C)Nc1ccc2nc(SC)sc2c1. The summed E-state index contributed by atoms with van der Waals surface area (Å²) in [5.41, 5.74) is 2.27. The van der Waals surface area contributed by atoms with Gasteiger partial charge < -0.3 is 5.32 Å². The molecule has 4 heteroatoms. The van der Waals surface area contributed by atoms with Gasteiger partial charge in [0.25, 0.3) is 0 Å². The van der Waals surface area contributed by atoms with Crippen molar-refractivity contribution in [2.45, 2.75) is 30.1 Å². The van der Waals surface area contributed by atoms with Crippen molar-refractivity contribution in [3.05, 3.63) is 30.9 Å². The van der Waals surface area contributed by atoms with Gasteiger partial charge in [-0.2, -0.15) is 0 Å². The summed E-state index contributed by atoms with van der Waals surface area (Å²) < 4.78 is 2.38. The average Bonchev–Trinajstić information content (AvgIpc) is 2.78. The van der Waals surface area contributed by atoms with Crippen LogP contribution in [0.15, 0.2) is 35.2 Å². The smallest absolute Gasteiger partial charge is 0.150 e. The number of nitrogens with one attached hydrogen (secondary N) is 1. The third-order valence-electron chi connectivity index (χ3n) is 2.76. The molecular formula is C14H18N2S2. The molecule has 1 heterocycles. The van der Waals surface area contributed by atoms with Crippen molar-refractivity contribution in [3.63, 3.8) is 0 Å². The molecule has 1 unspecified atom stereocenters. The fourth-order valence-corrected chi connectivity index (χ4v) is 3.33. The zero-order valence-corrected chi connectivity index (χ0v) is 12.4. The molecule has 0 fully saturated rings. The summed E-state index contributed by atoms with van der Waals surface area (Å²) in [6.45, 7) is 5.96. The van der Waals surface area contributed by atoms with Crippen LogP contribution in [0.1, 0.15) is 19.8 Å². The van der Waals surface area contributed by atoms with Gasteiger partial charge in [-0.25, -0.2) is 4.98 Å². The van der Waals surface area contributed by atoms with Gasteiger partial charge in [-0.05, 0) is 44.2 Å². The number of thiazole rings is 1. The van der Waals surface area contributed by atoms with Crippen molar-refractivity contribution in [2.24, 2.45) is 0 Å². The van der Waals surface area contributed by atoms with Crippen LogP contribution < -0.4 is 5.32 Å². The van der Waals surface area contributed by atoms with Crippen molar-refractivity contribution in [2.75, 3.05) is 11.6 Å². The van der Waals surface area contributed by atoms with Crippen molar-refractivity contribution in [3.8, 4) is 0 Å².